The van der Waals surface area contributed by atoms with Crippen LogP contribution in [0, 0.1) is 6.92 Å². The summed E-state index contributed by atoms with van der Waals surface area (Å²) in [5, 5.41) is 8.78. The van der Waals surface area contributed by atoms with Crippen molar-refractivity contribution in [2.75, 3.05) is 0 Å². The van der Waals surface area contributed by atoms with Crippen LogP contribution in [0.2, 0.25) is 0 Å². The van der Waals surface area contributed by atoms with E-state index in [1.54, 1.807) is 12.2 Å². The second kappa shape index (κ2) is 15.3. The molecular formula is C9H11F3NiO2. The van der Waals surface area contributed by atoms with Crippen LogP contribution in [-0.2, 0) is 21.3 Å². The van der Waals surface area contributed by atoms with Crippen molar-refractivity contribution in [2.45, 2.75) is 6.18 Å². The predicted octanol–water partition coefficient (Wildman–Crippen LogP) is 1.66. The summed E-state index contributed by atoms with van der Waals surface area (Å²) in [5.41, 5.74) is 0. The molecule has 0 aliphatic rings. The first kappa shape index (κ1) is 23.6. The fraction of sp³-hybridized carbons (Fsp3) is 0.111. The molecule has 0 saturated heterocycles. The number of hydrogen-bond acceptors (Lipinski definition) is 2. The Hall–Kier alpha value is -1.16. The SMILES string of the molecule is C=CC=C.C=C[CH2-].O=C([O-])C(F)(F)F.[Ni+2]. The van der Waals surface area contributed by atoms with Crippen LogP contribution in [0.3, 0.4) is 0 Å². The second-order valence-electron chi connectivity index (χ2n) is 1.55. The number of hydrogen-bond donors (Lipinski definition) is 0. The maximum Gasteiger partial charge on any atom is 2.00 e. The first-order valence-electron chi connectivity index (χ1n) is 3.19. The van der Waals surface area contributed by atoms with E-state index >= 15 is 0 Å². The smallest absolute Gasteiger partial charge is 0.542 e. The third-order valence-electron chi connectivity index (χ3n) is 0.398. The summed E-state index contributed by atoms with van der Waals surface area (Å²) >= 11 is 0. The van der Waals surface area contributed by atoms with Crippen molar-refractivity contribution in [3.63, 3.8) is 0 Å². The predicted molar refractivity (Wildman–Crippen MR) is 47.0 cm³/mol. The van der Waals surface area contributed by atoms with Gasteiger partial charge in [-0.15, -0.1) is 0 Å². The molecule has 90 valence electrons. The molecule has 0 fully saturated rings. The number of carbonyl (C=O) groups excluding carboxylic acids is 1. The minimum atomic E-state index is -5.19. The van der Waals surface area contributed by atoms with Crippen LogP contribution >= 0.6 is 0 Å². The third-order valence-corrected chi connectivity index (χ3v) is 0.398. The van der Waals surface area contributed by atoms with Gasteiger partial charge in [0.25, 0.3) is 0 Å². The van der Waals surface area contributed by atoms with Crippen molar-refractivity contribution in [1.29, 1.82) is 0 Å². The number of aliphatic carboxylic acids is 1. The molecule has 0 aliphatic heterocycles. The fourth-order valence-corrected chi connectivity index (χ4v) is 0. The number of alkyl halides is 3. The number of allylic oxidation sites excluding steroid dienone is 3. The Bertz CT molecular complexity index is 182. The van der Waals surface area contributed by atoms with Crippen LogP contribution in [-0.4, -0.2) is 12.1 Å². The monoisotopic (exact) mass is 266 g/mol. The van der Waals surface area contributed by atoms with Gasteiger partial charge in [-0.05, 0) is 0 Å². The first-order chi connectivity index (χ1) is 6.27. The molecule has 2 nitrogen and oxygen atoms in total. The molecule has 0 aliphatic carbocycles. The molecule has 0 saturated carbocycles. The minimum Gasteiger partial charge on any atom is -0.542 e. The molecule has 0 rings (SSSR count). The molecule has 6 heteroatoms. The average molecular weight is 267 g/mol. The van der Waals surface area contributed by atoms with Gasteiger partial charge in [0, 0.05) is 0 Å². The molecule has 0 heterocycles. The van der Waals surface area contributed by atoms with Crippen molar-refractivity contribution in [3.8, 4) is 0 Å². The van der Waals surface area contributed by atoms with Crippen molar-refractivity contribution >= 4 is 5.97 Å². The van der Waals surface area contributed by atoms with Crippen LogP contribution in [0.5, 0.6) is 0 Å². The van der Waals surface area contributed by atoms with E-state index in [1.165, 1.54) is 6.08 Å². The summed E-state index contributed by atoms with van der Waals surface area (Å²) in [7, 11) is 0. The van der Waals surface area contributed by atoms with Crippen molar-refractivity contribution in [2.24, 2.45) is 0 Å². The molecule has 0 N–H and O–H groups in total. The molecule has 0 aromatic carbocycles. The van der Waals surface area contributed by atoms with Gasteiger partial charge in [0.1, 0.15) is 5.97 Å². The maximum atomic E-state index is 10.5. The van der Waals surface area contributed by atoms with Gasteiger partial charge in [-0.1, -0.05) is 25.3 Å². The molecule has 0 spiro atoms. The number of carboxylic acids is 1. The Morgan fingerprint density at radius 3 is 1.33 bits per heavy atom. The van der Waals surface area contributed by atoms with E-state index in [2.05, 4.69) is 26.7 Å². The first-order valence-corrected chi connectivity index (χ1v) is 3.19. The molecule has 0 amide bonds. The summed E-state index contributed by atoms with van der Waals surface area (Å²) in [6.45, 7) is 13.2. The topological polar surface area (TPSA) is 40.1 Å². The van der Waals surface area contributed by atoms with Crippen LogP contribution in [0.25, 0.3) is 0 Å². The molecule has 0 bridgehead atoms. The van der Waals surface area contributed by atoms with Gasteiger partial charge in [0.05, 0.1) is 0 Å². The van der Waals surface area contributed by atoms with Gasteiger partial charge in [-0.25, -0.2) is 19.6 Å². The van der Waals surface area contributed by atoms with E-state index in [9.17, 15) is 13.2 Å². The Morgan fingerprint density at radius 1 is 1.20 bits per heavy atom. The zero-order chi connectivity index (χ0) is 12.2. The van der Waals surface area contributed by atoms with Crippen LogP contribution < -0.4 is 5.11 Å². The zero-order valence-corrected chi connectivity index (χ0v) is 8.81. The third kappa shape index (κ3) is 44.2. The quantitative estimate of drug-likeness (QED) is 0.411. The number of rotatable bonds is 1. The van der Waals surface area contributed by atoms with Gasteiger partial charge in [-0.2, -0.15) is 13.2 Å². The van der Waals surface area contributed by atoms with Gasteiger partial charge >= 0.3 is 22.7 Å². The van der Waals surface area contributed by atoms with Gasteiger partial charge < -0.3 is 9.90 Å². The molecular weight excluding hydrogens is 256 g/mol. The molecule has 0 aromatic heterocycles. The van der Waals surface area contributed by atoms with Crippen LogP contribution in [0.4, 0.5) is 13.2 Å². The number of halogens is 3. The van der Waals surface area contributed by atoms with Gasteiger partial charge in [-0.3, -0.25) is 0 Å². The van der Waals surface area contributed by atoms with Gasteiger partial charge in [0.15, 0.2) is 0 Å². The van der Waals surface area contributed by atoms with Crippen molar-refractivity contribution in [3.05, 3.63) is 44.9 Å². The van der Waals surface area contributed by atoms with E-state index in [4.69, 9.17) is 9.90 Å². The van der Waals surface area contributed by atoms with E-state index in [0.717, 1.165) is 0 Å². The van der Waals surface area contributed by atoms with E-state index in [-0.39, 0.29) is 16.5 Å². The minimum absolute atomic E-state index is 0. The summed E-state index contributed by atoms with van der Waals surface area (Å²) in [6.07, 6.45) is -0.417. The van der Waals surface area contributed by atoms with Crippen LogP contribution in [0.1, 0.15) is 0 Å². The Kier molecular flexibility index (Phi) is 24.1. The standard InChI is InChI=1S/C4H6.C3H5.C2HF3O2.Ni/c1-3-4-2;1-3-2;3-2(4,5)1(6)7;/h3-4H,1-2H2;3H,1-2H2;(H,6,7);/q;-1;;+2/p-1. The fourth-order valence-electron chi connectivity index (χ4n) is 0. The Morgan fingerprint density at radius 2 is 1.33 bits per heavy atom. The molecule has 0 radical (unpaired) electrons. The largest absolute Gasteiger partial charge is 2.00 e. The molecule has 0 aromatic rings. The van der Waals surface area contributed by atoms with Crippen LogP contribution in [0.15, 0.2) is 38.0 Å². The number of carbonyl (C=O) groups is 1. The summed E-state index contributed by atoms with van der Waals surface area (Å²) < 4.78 is 31.5. The van der Waals surface area contributed by atoms with E-state index in [0.29, 0.717) is 0 Å². The van der Waals surface area contributed by atoms with E-state index in [1.807, 2.05) is 0 Å². The number of carboxylic acid groups (broad SMARTS) is 1. The molecule has 15 heavy (non-hydrogen) atoms. The Labute approximate surface area is 97.1 Å². The maximum absolute atomic E-state index is 10.5. The Balaban J connectivity index is -0.0000000654. The van der Waals surface area contributed by atoms with E-state index < -0.39 is 12.1 Å². The summed E-state index contributed by atoms with van der Waals surface area (Å²) in [5.74, 6) is -3.01. The molecule has 0 atom stereocenters. The van der Waals surface area contributed by atoms with Crippen molar-refractivity contribution in [1.82, 2.24) is 0 Å². The van der Waals surface area contributed by atoms with Crippen molar-refractivity contribution < 1.29 is 39.6 Å². The second-order valence-corrected chi connectivity index (χ2v) is 1.55. The summed E-state index contributed by atoms with van der Waals surface area (Å²) in [6, 6.07) is 0. The average Bonchev–Trinajstić information content (AvgIpc) is 2.04. The van der Waals surface area contributed by atoms with Gasteiger partial charge in [0.2, 0.25) is 0 Å². The summed E-state index contributed by atoms with van der Waals surface area (Å²) in [4.78, 5) is 8.78. The molecule has 0 unspecified atom stereocenters. The normalized spacial score (nSPS) is 7.40. The zero-order valence-electron chi connectivity index (χ0n) is 7.83.